The maximum absolute atomic E-state index is 14.4. The van der Waals surface area contributed by atoms with E-state index in [4.69, 9.17) is 9.47 Å². The third kappa shape index (κ3) is 3.00. The molecule has 9 heteroatoms. The Kier molecular flexibility index (Phi) is 4.19. The second-order valence-electron chi connectivity index (χ2n) is 6.56. The summed E-state index contributed by atoms with van der Waals surface area (Å²) in [5.74, 6) is 1.07. The van der Waals surface area contributed by atoms with Gasteiger partial charge in [-0.25, -0.2) is 9.37 Å². The minimum absolute atomic E-state index is 0.166. The quantitative estimate of drug-likeness (QED) is 0.571. The van der Waals surface area contributed by atoms with Gasteiger partial charge in [-0.3, -0.25) is 9.38 Å². The molecular formula is C20H17FN6O2. The van der Waals surface area contributed by atoms with E-state index in [1.807, 2.05) is 23.5 Å². The van der Waals surface area contributed by atoms with E-state index in [1.165, 1.54) is 6.07 Å². The van der Waals surface area contributed by atoms with E-state index in [2.05, 4.69) is 25.5 Å². The molecule has 0 fully saturated rings. The Morgan fingerprint density at radius 3 is 2.97 bits per heavy atom. The highest BCUT2D eigenvalue weighted by Gasteiger charge is 2.20. The van der Waals surface area contributed by atoms with Crippen molar-refractivity contribution < 1.29 is 13.9 Å². The van der Waals surface area contributed by atoms with Gasteiger partial charge in [-0.1, -0.05) is 0 Å². The van der Waals surface area contributed by atoms with Crippen LogP contribution in [0.5, 0.6) is 11.5 Å². The van der Waals surface area contributed by atoms with Crippen molar-refractivity contribution in [1.82, 2.24) is 24.6 Å². The summed E-state index contributed by atoms with van der Waals surface area (Å²) in [4.78, 5) is 8.83. The zero-order valence-electron chi connectivity index (χ0n) is 15.6. The van der Waals surface area contributed by atoms with E-state index in [0.717, 1.165) is 17.0 Å². The second-order valence-corrected chi connectivity index (χ2v) is 6.56. The molecule has 29 heavy (non-hydrogen) atoms. The van der Waals surface area contributed by atoms with Crippen LogP contribution in [0.15, 0.2) is 43.0 Å². The minimum atomic E-state index is -0.373. The Hall–Kier alpha value is -3.75. The van der Waals surface area contributed by atoms with Crippen molar-refractivity contribution in [1.29, 1.82) is 0 Å². The summed E-state index contributed by atoms with van der Waals surface area (Å²) in [6.07, 6.45) is 5.08. The molecule has 0 saturated carbocycles. The molecule has 0 saturated heterocycles. The Balaban J connectivity index is 1.50. The van der Waals surface area contributed by atoms with E-state index in [0.29, 0.717) is 41.7 Å². The fraction of sp³-hybridized carbons (Fsp3) is 0.200. The Morgan fingerprint density at radius 2 is 2.07 bits per heavy atom. The Morgan fingerprint density at radius 1 is 1.17 bits per heavy atom. The lowest BCUT2D eigenvalue weighted by atomic mass is 10.1. The van der Waals surface area contributed by atoms with Gasteiger partial charge in [0.1, 0.15) is 25.4 Å². The van der Waals surface area contributed by atoms with Gasteiger partial charge >= 0.3 is 0 Å². The van der Waals surface area contributed by atoms with E-state index in [-0.39, 0.29) is 12.4 Å². The molecule has 0 aliphatic carbocycles. The molecule has 1 aliphatic rings. The van der Waals surface area contributed by atoms with Crippen molar-refractivity contribution in [3.05, 3.63) is 60.1 Å². The number of aromatic nitrogens is 5. The van der Waals surface area contributed by atoms with Crippen LogP contribution in [0.2, 0.25) is 0 Å². The molecule has 0 bridgehead atoms. The average Bonchev–Trinajstić information content (AvgIpc) is 3.24. The fourth-order valence-corrected chi connectivity index (χ4v) is 3.38. The molecule has 0 spiro atoms. The number of nitrogens with zero attached hydrogens (tertiary/aromatic N) is 5. The molecule has 3 aromatic heterocycles. The smallest absolute Gasteiger partial charge is 0.203 e. The molecule has 1 aliphatic heterocycles. The van der Waals surface area contributed by atoms with Gasteiger partial charge in [0.2, 0.25) is 5.65 Å². The van der Waals surface area contributed by atoms with Crippen LogP contribution < -0.4 is 14.8 Å². The third-order valence-electron chi connectivity index (χ3n) is 4.81. The van der Waals surface area contributed by atoms with Gasteiger partial charge < -0.3 is 14.8 Å². The first kappa shape index (κ1) is 17.4. The number of benzene rings is 1. The minimum Gasteiger partial charge on any atom is -0.486 e. The van der Waals surface area contributed by atoms with Gasteiger partial charge in [-0.15, -0.1) is 10.2 Å². The molecule has 4 heterocycles. The first-order valence-electron chi connectivity index (χ1n) is 9.14. The maximum Gasteiger partial charge on any atom is 0.203 e. The molecule has 0 unspecified atom stereocenters. The monoisotopic (exact) mass is 392 g/mol. The number of halogens is 1. The molecule has 1 N–H and O–H groups in total. The summed E-state index contributed by atoms with van der Waals surface area (Å²) >= 11 is 0. The SMILES string of the molecule is Cc1ncccc1-c1cnc(NCc2c(F)ccc3c2OCCO3)c2nncn12. The zero-order valence-corrected chi connectivity index (χ0v) is 15.6. The number of hydrogen-bond acceptors (Lipinski definition) is 7. The molecule has 146 valence electrons. The Bertz CT molecular complexity index is 1210. The van der Waals surface area contributed by atoms with Crippen LogP contribution in [0.25, 0.3) is 16.9 Å². The van der Waals surface area contributed by atoms with Crippen molar-refractivity contribution in [2.24, 2.45) is 0 Å². The molecule has 5 rings (SSSR count). The third-order valence-corrected chi connectivity index (χ3v) is 4.81. The van der Waals surface area contributed by atoms with Crippen LogP contribution in [0.3, 0.4) is 0 Å². The topological polar surface area (TPSA) is 86.5 Å². The number of ether oxygens (including phenoxy) is 2. The summed E-state index contributed by atoms with van der Waals surface area (Å²) in [7, 11) is 0. The molecule has 0 radical (unpaired) electrons. The number of fused-ring (bicyclic) bond motifs is 2. The van der Waals surface area contributed by atoms with Crippen molar-refractivity contribution in [3.8, 4) is 22.8 Å². The van der Waals surface area contributed by atoms with Crippen molar-refractivity contribution in [2.45, 2.75) is 13.5 Å². The second kappa shape index (κ2) is 7.01. The van der Waals surface area contributed by atoms with Crippen LogP contribution in [-0.2, 0) is 6.54 Å². The van der Waals surface area contributed by atoms with Crippen molar-refractivity contribution in [2.75, 3.05) is 18.5 Å². The summed E-state index contributed by atoms with van der Waals surface area (Å²) in [6, 6.07) is 6.79. The van der Waals surface area contributed by atoms with Crippen molar-refractivity contribution in [3.63, 3.8) is 0 Å². The van der Waals surface area contributed by atoms with Gasteiger partial charge in [0.05, 0.1) is 17.5 Å². The van der Waals surface area contributed by atoms with Crippen LogP contribution >= 0.6 is 0 Å². The van der Waals surface area contributed by atoms with Crippen LogP contribution in [0.1, 0.15) is 11.3 Å². The summed E-state index contributed by atoms with van der Waals surface area (Å²) in [5.41, 5.74) is 3.55. The van der Waals surface area contributed by atoms with E-state index < -0.39 is 0 Å². The lowest BCUT2D eigenvalue weighted by Gasteiger charge is -2.21. The molecular weight excluding hydrogens is 375 g/mol. The summed E-state index contributed by atoms with van der Waals surface area (Å²) in [5, 5.41) is 11.3. The largest absolute Gasteiger partial charge is 0.486 e. The van der Waals surface area contributed by atoms with Crippen molar-refractivity contribution >= 4 is 11.5 Å². The highest BCUT2D eigenvalue weighted by Crippen LogP contribution is 2.36. The molecule has 0 amide bonds. The number of nitrogens with one attached hydrogen (secondary N) is 1. The highest BCUT2D eigenvalue weighted by atomic mass is 19.1. The Labute approximate surface area is 165 Å². The predicted octanol–water partition coefficient (Wildman–Crippen LogP) is 3.02. The lowest BCUT2D eigenvalue weighted by molar-refractivity contribution is 0.169. The first-order chi connectivity index (χ1) is 14.2. The van der Waals surface area contributed by atoms with Crippen LogP contribution in [0, 0.1) is 12.7 Å². The normalized spacial score (nSPS) is 12.9. The summed E-state index contributed by atoms with van der Waals surface area (Å²) < 4.78 is 27.4. The van der Waals surface area contributed by atoms with E-state index >= 15 is 0 Å². The predicted molar refractivity (Wildman–Crippen MR) is 103 cm³/mol. The zero-order chi connectivity index (χ0) is 19.8. The van der Waals surface area contributed by atoms with E-state index in [1.54, 1.807) is 24.8 Å². The van der Waals surface area contributed by atoms with Gasteiger partial charge in [0, 0.05) is 24.0 Å². The van der Waals surface area contributed by atoms with Gasteiger partial charge in [0.25, 0.3) is 0 Å². The highest BCUT2D eigenvalue weighted by molar-refractivity contribution is 5.70. The van der Waals surface area contributed by atoms with Crippen LogP contribution in [-0.4, -0.2) is 37.8 Å². The van der Waals surface area contributed by atoms with Crippen LogP contribution in [0.4, 0.5) is 10.2 Å². The van der Waals surface area contributed by atoms with Gasteiger partial charge in [-0.2, -0.15) is 0 Å². The fourth-order valence-electron chi connectivity index (χ4n) is 3.38. The lowest BCUT2D eigenvalue weighted by Crippen LogP contribution is -2.18. The maximum atomic E-state index is 14.4. The molecule has 0 atom stereocenters. The number of anilines is 1. The molecule has 8 nitrogen and oxygen atoms in total. The number of rotatable bonds is 4. The first-order valence-corrected chi connectivity index (χ1v) is 9.14. The number of hydrogen-bond donors (Lipinski definition) is 1. The molecule has 1 aromatic carbocycles. The number of aryl methyl sites for hydroxylation is 1. The summed E-state index contributed by atoms with van der Waals surface area (Å²) in [6.45, 7) is 2.93. The molecule has 4 aromatic rings. The number of pyridine rings is 1. The average molecular weight is 392 g/mol. The van der Waals surface area contributed by atoms with E-state index in [9.17, 15) is 4.39 Å². The van der Waals surface area contributed by atoms with Gasteiger partial charge in [-0.05, 0) is 31.2 Å². The standard InChI is InChI=1S/C20H17FN6O2/c1-12-13(3-2-6-22-12)16-10-24-19(20-26-25-11-27(16)20)23-9-14-15(21)4-5-17-18(14)29-8-7-28-17/h2-6,10-11H,7-9H2,1H3,(H,23,24). The van der Waals surface area contributed by atoms with Gasteiger partial charge in [0.15, 0.2) is 17.3 Å².